The second kappa shape index (κ2) is 6.84. The maximum absolute atomic E-state index is 12.9. The van der Waals surface area contributed by atoms with Gasteiger partial charge in [-0.15, -0.1) is 0 Å². The smallest absolute Gasteiger partial charge is 0.397 e. The van der Waals surface area contributed by atoms with Gasteiger partial charge in [-0.25, -0.2) is 4.79 Å². The molecule has 1 aliphatic rings. The lowest BCUT2D eigenvalue weighted by molar-refractivity contribution is -0.153. The van der Waals surface area contributed by atoms with Crippen LogP contribution in [0.25, 0.3) is 0 Å². The summed E-state index contributed by atoms with van der Waals surface area (Å²) in [6.45, 7) is 10.2. The minimum absolute atomic E-state index is 0.182. The van der Waals surface area contributed by atoms with Crippen molar-refractivity contribution in [2.24, 2.45) is 0 Å². The van der Waals surface area contributed by atoms with Crippen molar-refractivity contribution < 1.29 is 14.3 Å². The van der Waals surface area contributed by atoms with Crippen molar-refractivity contribution in [1.29, 1.82) is 0 Å². The Labute approximate surface area is 161 Å². The van der Waals surface area contributed by atoms with E-state index in [0.29, 0.717) is 6.42 Å². The Balaban J connectivity index is 2.16. The molecule has 1 amide bonds. The average Bonchev–Trinajstić information content (AvgIpc) is 2.61. The molecule has 2 aromatic carbocycles. The molecule has 2 aromatic rings. The third-order valence-electron chi connectivity index (χ3n) is 5.47. The van der Waals surface area contributed by atoms with Gasteiger partial charge in [0, 0.05) is 16.6 Å². The number of ether oxygens (including phenoxy) is 1. The Kier molecular flexibility index (Phi) is 4.85. The fraction of sp³-hybridized carbons (Fsp3) is 0.391. The molecular formula is C23H27NO3. The van der Waals surface area contributed by atoms with Crippen LogP contribution in [0.3, 0.4) is 0 Å². The molecule has 0 radical (unpaired) electrons. The topological polar surface area (TPSA) is 46.6 Å². The first kappa shape index (κ1) is 19.2. The van der Waals surface area contributed by atoms with Crippen LogP contribution in [-0.4, -0.2) is 24.0 Å². The Morgan fingerprint density at radius 2 is 1.67 bits per heavy atom. The molecule has 0 spiro atoms. The van der Waals surface area contributed by atoms with Gasteiger partial charge in [0.2, 0.25) is 0 Å². The molecule has 0 bridgehead atoms. The molecule has 0 aromatic heterocycles. The van der Waals surface area contributed by atoms with E-state index in [0.717, 1.165) is 11.3 Å². The Morgan fingerprint density at radius 3 is 2.30 bits per heavy atom. The van der Waals surface area contributed by atoms with E-state index < -0.39 is 17.4 Å². The van der Waals surface area contributed by atoms with Crippen molar-refractivity contribution in [3.8, 4) is 0 Å². The van der Waals surface area contributed by atoms with Crippen LogP contribution < -0.4 is 4.90 Å². The molecule has 27 heavy (non-hydrogen) atoms. The number of esters is 1. The van der Waals surface area contributed by atoms with E-state index in [1.54, 1.807) is 11.8 Å². The molecule has 0 N–H and O–H groups in total. The molecule has 1 atom stereocenters. The number of aryl methyl sites for hydroxylation is 1. The number of carbonyl (C=O) groups is 2. The van der Waals surface area contributed by atoms with Crippen molar-refractivity contribution >= 4 is 17.6 Å². The van der Waals surface area contributed by atoms with Crippen LogP contribution in [0, 0.1) is 6.92 Å². The summed E-state index contributed by atoms with van der Waals surface area (Å²) in [6.07, 6.45) is 0.700. The Morgan fingerprint density at radius 1 is 1.04 bits per heavy atom. The highest BCUT2D eigenvalue weighted by molar-refractivity contribution is 6.38. The molecule has 4 nitrogen and oxygen atoms in total. The monoisotopic (exact) mass is 365 g/mol. The normalized spacial score (nSPS) is 20.7. The first-order chi connectivity index (χ1) is 12.7. The first-order valence-electron chi connectivity index (χ1n) is 9.38. The first-order valence-corrected chi connectivity index (χ1v) is 9.38. The van der Waals surface area contributed by atoms with Gasteiger partial charge in [0.25, 0.3) is 0 Å². The van der Waals surface area contributed by atoms with Gasteiger partial charge in [0.15, 0.2) is 0 Å². The van der Waals surface area contributed by atoms with E-state index in [1.807, 2.05) is 32.0 Å². The molecule has 0 fully saturated rings. The average molecular weight is 365 g/mol. The minimum atomic E-state index is -0.806. The number of rotatable bonds is 2. The lowest BCUT2D eigenvalue weighted by Gasteiger charge is -2.51. The van der Waals surface area contributed by atoms with Crippen LogP contribution in [0.5, 0.6) is 0 Å². The SMILES string of the molecule is CCOC(=O)C(=O)N1c2ccccc2[C@](C)(c2ccc(C)cc2)CC1(C)C. The predicted molar refractivity (Wildman–Crippen MR) is 107 cm³/mol. The van der Waals surface area contributed by atoms with Gasteiger partial charge in [-0.1, -0.05) is 55.0 Å². The Bertz CT molecular complexity index is 869. The highest BCUT2D eigenvalue weighted by Gasteiger charge is 2.49. The van der Waals surface area contributed by atoms with Crippen LogP contribution in [-0.2, 0) is 19.7 Å². The van der Waals surface area contributed by atoms with Crippen LogP contribution in [0.1, 0.15) is 50.8 Å². The van der Waals surface area contributed by atoms with Crippen molar-refractivity contribution in [3.63, 3.8) is 0 Å². The third kappa shape index (κ3) is 3.25. The van der Waals surface area contributed by atoms with Gasteiger partial charge in [-0.3, -0.25) is 9.69 Å². The standard InChI is InChI=1S/C23H27NO3/c1-6-27-21(26)20(25)24-19-10-8-7-9-18(19)23(5,15-22(24,3)4)17-13-11-16(2)12-14-17/h7-14H,6,15H2,1-5H3/t23-/m0/s1. The maximum Gasteiger partial charge on any atom is 0.397 e. The second-order valence-electron chi connectivity index (χ2n) is 8.07. The van der Waals surface area contributed by atoms with Gasteiger partial charge in [0.1, 0.15) is 0 Å². The molecule has 3 rings (SSSR count). The number of hydrogen-bond donors (Lipinski definition) is 0. The van der Waals surface area contributed by atoms with Crippen molar-refractivity contribution in [2.45, 2.75) is 52.0 Å². The molecule has 0 aliphatic carbocycles. The largest absolute Gasteiger partial charge is 0.459 e. The van der Waals surface area contributed by atoms with E-state index in [4.69, 9.17) is 4.74 Å². The summed E-state index contributed by atoms with van der Waals surface area (Å²) in [4.78, 5) is 26.7. The van der Waals surface area contributed by atoms with Crippen LogP contribution in [0.2, 0.25) is 0 Å². The summed E-state index contributed by atoms with van der Waals surface area (Å²) in [6, 6.07) is 16.4. The molecular weight excluding hydrogens is 338 g/mol. The molecule has 0 unspecified atom stereocenters. The number of fused-ring (bicyclic) bond motifs is 1. The number of nitrogens with zero attached hydrogens (tertiary/aromatic N) is 1. The summed E-state index contributed by atoms with van der Waals surface area (Å²) in [5.41, 5.74) is 3.43. The van der Waals surface area contributed by atoms with E-state index >= 15 is 0 Å². The van der Waals surface area contributed by atoms with Gasteiger partial charge in [-0.2, -0.15) is 0 Å². The third-order valence-corrected chi connectivity index (χ3v) is 5.47. The minimum Gasteiger partial charge on any atom is -0.459 e. The lowest BCUT2D eigenvalue weighted by Crippen LogP contribution is -2.57. The number of carbonyl (C=O) groups excluding carboxylic acids is 2. The second-order valence-corrected chi connectivity index (χ2v) is 8.07. The maximum atomic E-state index is 12.9. The van der Waals surface area contributed by atoms with Crippen LogP contribution in [0.15, 0.2) is 48.5 Å². The molecule has 0 saturated heterocycles. The van der Waals surface area contributed by atoms with Crippen LogP contribution in [0.4, 0.5) is 5.69 Å². The number of para-hydroxylation sites is 1. The van der Waals surface area contributed by atoms with Crippen molar-refractivity contribution in [2.75, 3.05) is 11.5 Å². The summed E-state index contributed by atoms with van der Waals surface area (Å²) < 4.78 is 4.98. The fourth-order valence-corrected chi connectivity index (χ4v) is 4.35. The number of hydrogen-bond acceptors (Lipinski definition) is 3. The summed E-state index contributed by atoms with van der Waals surface area (Å²) in [7, 11) is 0. The number of amides is 1. The van der Waals surface area contributed by atoms with Crippen molar-refractivity contribution in [1.82, 2.24) is 0 Å². The van der Waals surface area contributed by atoms with Crippen molar-refractivity contribution in [3.05, 3.63) is 65.2 Å². The predicted octanol–water partition coefficient (Wildman–Crippen LogP) is 4.38. The summed E-state index contributed by atoms with van der Waals surface area (Å²) >= 11 is 0. The van der Waals surface area contributed by atoms with Gasteiger partial charge >= 0.3 is 11.9 Å². The quantitative estimate of drug-likeness (QED) is 0.586. The zero-order chi connectivity index (χ0) is 19.8. The van der Waals surface area contributed by atoms with E-state index in [9.17, 15) is 9.59 Å². The van der Waals surface area contributed by atoms with E-state index in [2.05, 4.69) is 44.2 Å². The highest BCUT2D eigenvalue weighted by atomic mass is 16.5. The molecule has 142 valence electrons. The highest BCUT2D eigenvalue weighted by Crippen LogP contribution is 2.50. The van der Waals surface area contributed by atoms with Gasteiger partial charge in [0.05, 0.1) is 6.61 Å². The van der Waals surface area contributed by atoms with E-state index in [1.165, 1.54) is 11.1 Å². The van der Waals surface area contributed by atoms with Gasteiger partial charge in [-0.05, 0) is 51.3 Å². The zero-order valence-electron chi connectivity index (χ0n) is 16.7. The fourth-order valence-electron chi connectivity index (χ4n) is 4.35. The molecule has 1 aliphatic heterocycles. The molecule has 1 heterocycles. The Hall–Kier alpha value is -2.62. The van der Waals surface area contributed by atoms with Gasteiger partial charge < -0.3 is 4.74 Å². The number of benzene rings is 2. The lowest BCUT2D eigenvalue weighted by atomic mass is 9.65. The molecule has 0 saturated carbocycles. The summed E-state index contributed by atoms with van der Waals surface area (Å²) in [5.74, 6) is -1.42. The number of anilines is 1. The molecule has 4 heteroatoms. The van der Waals surface area contributed by atoms with Crippen LogP contribution >= 0.6 is 0 Å². The zero-order valence-corrected chi connectivity index (χ0v) is 16.7. The summed E-state index contributed by atoms with van der Waals surface area (Å²) in [5, 5.41) is 0. The van der Waals surface area contributed by atoms with E-state index in [-0.39, 0.29) is 12.0 Å².